The van der Waals surface area contributed by atoms with E-state index >= 15 is 0 Å². The SMILES string of the molecule is CC(=O)c1c(C)[nH]c(C(=O)NCc2ncccc2C)c1C. The van der Waals surface area contributed by atoms with Gasteiger partial charge in [-0.05, 0) is 44.9 Å². The number of carbonyl (C=O) groups excluding carboxylic acids is 2. The Balaban J connectivity index is 2.17. The summed E-state index contributed by atoms with van der Waals surface area (Å²) in [5, 5.41) is 2.83. The van der Waals surface area contributed by atoms with Crippen molar-refractivity contribution in [2.24, 2.45) is 0 Å². The molecule has 21 heavy (non-hydrogen) atoms. The monoisotopic (exact) mass is 285 g/mol. The number of hydrogen-bond acceptors (Lipinski definition) is 3. The summed E-state index contributed by atoms with van der Waals surface area (Å²) >= 11 is 0. The van der Waals surface area contributed by atoms with Gasteiger partial charge in [0.15, 0.2) is 5.78 Å². The van der Waals surface area contributed by atoms with Crippen molar-refractivity contribution in [1.82, 2.24) is 15.3 Å². The van der Waals surface area contributed by atoms with Crippen LogP contribution in [0, 0.1) is 20.8 Å². The fourth-order valence-electron chi connectivity index (χ4n) is 2.46. The number of rotatable bonds is 4. The minimum absolute atomic E-state index is 0.0409. The second kappa shape index (κ2) is 5.91. The highest BCUT2D eigenvalue weighted by Crippen LogP contribution is 2.18. The fraction of sp³-hybridized carbons (Fsp3) is 0.312. The zero-order valence-electron chi connectivity index (χ0n) is 12.7. The maximum Gasteiger partial charge on any atom is 0.268 e. The van der Waals surface area contributed by atoms with Crippen molar-refractivity contribution in [2.45, 2.75) is 34.2 Å². The van der Waals surface area contributed by atoms with Gasteiger partial charge in [0.2, 0.25) is 0 Å². The molecule has 1 amide bonds. The number of Topliss-reactive ketones (excluding diaryl/α,β-unsaturated/α-hetero) is 1. The van der Waals surface area contributed by atoms with Crippen LogP contribution >= 0.6 is 0 Å². The second-order valence-corrected chi connectivity index (χ2v) is 5.13. The van der Waals surface area contributed by atoms with Gasteiger partial charge in [0.05, 0.1) is 12.2 Å². The molecule has 0 bridgehead atoms. The zero-order chi connectivity index (χ0) is 15.6. The van der Waals surface area contributed by atoms with E-state index in [1.807, 2.05) is 19.1 Å². The van der Waals surface area contributed by atoms with Crippen molar-refractivity contribution in [2.75, 3.05) is 0 Å². The van der Waals surface area contributed by atoms with Gasteiger partial charge in [-0.25, -0.2) is 0 Å². The van der Waals surface area contributed by atoms with Gasteiger partial charge in [-0.2, -0.15) is 0 Å². The lowest BCUT2D eigenvalue weighted by molar-refractivity contribution is 0.0945. The molecule has 0 saturated carbocycles. The van der Waals surface area contributed by atoms with Gasteiger partial charge in [-0.15, -0.1) is 0 Å². The third kappa shape index (κ3) is 3.02. The molecule has 0 aromatic carbocycles. The van der Waals surface area contributed by atoms with Crippen molar-refractivity contribution < 1.29 is 9.59 Å². The molecule has 0 radical (unpaired) electrons. The van der Waals surface area contributed by atoms with Crippen molar-refractivity contribution in [3.05, 3.63) is 52.1 Å². The lowest BCUT2D eigenvalue weighted by Crippen LogP contribution is -2.24. The van der Waals surface area contributed by atoms with Gasteiger partial charge >= 0.3 is 0 Å². The van der Waals surface area contributed by atoms with E-state index in [2.05, 4.69) is 15.3 Å². The Kier molecular flexibility index (Phi) is 4.21. The number of H-pyrrole nitrogens is 1. The van der Waals surface area contributed by atoms with Crippen LogP contribution in [0.15, 0.2) is 18.3 Å². The Morgan fingerprint density at radius 1 is 1.29 bits per heavy atom. The molecule has 0 aliphatic heterocycles. The zero-order valence-corrected chi connectivity index (χ0v) is 12.7. The molecule has 5 heteroatoms. The molecular weight excluding hydrogens is 266 g/mol. The van der Waals surface area contributed by atoms with E-state index in [-0.39, 0.29) is 11.7 Å². The molecule has 2 rings (SSSR count). The molecule has 2 heterocycles. The average Bonchev–Trinajstić information content (AvgIpc) is 2.73. The predicted molar refractivity (Wildman–Crippen MR) is 80.4 cm³/mol. The largest absolute Gasteiger partial charge is 0.354 e. The first-order valence-corrected chi connectivity index (χ1v) is 6.80. The maximum absolute atomic E-state index is 12.3. The number of nitrogens with one attached hydrogen (secondary N) is 2. The average molecular weight is 285 g/mol. The molecule has 0 unspecified atom stereocenters. The van der Waals surface area contributed by atoms with Gasteiger partial charge in [0.1, 0.15) is 5.69 Å². The standard InChI is InChI=1S/C16H19N3O2/c1-9-6-5-7-17-13(9)8-18-16(21)15-10(2)14(12(4)20)11(3)19-15/h5-7,19H,8H2,1-4H3,(H,18,21). The maximum atomic E-state index is 12.3. The minimum atomic E-state index is -0.229. The number of aryl methyl sites for hydroxylation is 2. The molecule has 2 aromatic rings. The first-order valence-electron chi connectivity index (χ1n) is 6.80. The topological polar surface area (TPSA) is 74.8 Å². The lowest BCUT2D eigenvalue weighted by atomic mass is 10.1. The van der Waals surface area contributed by atoms with Crippen LogP contribution in [0.1, 0.15) is 50.3 Å². The number of nitrogens with zero attached hydrogens (tertiary/aromatic N) is 1. The molecule has 0 aliphatic rings. The summed E-state index contributed by atoms with van der Waals surface area (Å²) in [4.78, 5) is 31.1. The number of aromatic amines is 1. The second-order valence-electron chi connectivity index (χ2n) is 5.13. The fourth-order valence-corrected chi connectivity index (χ4v) is 2.46. The molecule has 0 atom stereocenters. The van der Waals surface area contributed by atoms with Crippen LogP contribution < -0.4 is 5.32 Å². The summed E-state index contributed by atoms with van der Waals surface area (Å²) in [6, 6.07) is 3.81. The van der Waals surface area contributed by atoms with Gasteiger partial charge in [-0.1, -0.05) is 6.07 Å². The molecule has 0 spiro atoms. The molecule has 2 N–H and O–H groups in total. The van der Waals surface area contributed by atoms with Crippen molar-refractivity contribution in [3.63, 3.8) is 0 Å². The van der Waals surface area contributed by atoms with Crippen molar-refractivity contribution >= 4 is 11.7 Å². The number of carbonyl (C=O) groups is 2. The van der Waals surface area contributed by atoms with Crippen molar-refractivity contribution in [1.29, 1.82) is 0 Å². The van der Waals surface area contributed by atoms with Crippen LogP contribution in [0.25, 0.3) is 0 Å². The molecule has 0 saturated heterocycles. The number of ketones is 1. The predicted octanol–water partition coefficient (Wildman–Crippen LogP) is 2.47. The van der Waals surface area contributed by atoms with E-state index in [1.165, 1.54) is 6.92 Å². The number of hydrogen-bond donors (Lipinski definition) is 2. The third-order valence-electron chi connectivity index (χ3n) is 3.55. The lowest BCUT2D eigenvalue weighted by Gasteiger charge is -2.06. The Morgan fingerprint density at radius 3 is 2.57 bits per heavy atom. The summed E-state index contributed by atoms with van der Waals surface area (Å²) in [5.74, 6) is -0.269. The van der Waals surface area contributed by atoms with Gasteiger partial charge in [0.25, 0.3) is 5.91 Å². The van der Waals surface area contributed by atoms with Crippen LogP contribution in [0.4, 0.5) is 0 Å². The minimum Gasteiger partial charge on any atom is -0.354 e. The Labute approximate surface area is 123 Å². The summed E-state index contributed by atoms with van der Waals surface area (Å²) in [7, 11) is 0. The number of pyridine rings is 1. The van der Waals surface area contributed by atoms with Gasteiger partial charge in [-0.3, -0.25) is 14.6 Å². The summed E-state index contributed by atoms with van der Waals surface area (Å²) in [5.41, 5.74) is 4.30. The third-order valence-corrected chi connectivity index (χ3v) is 3.55. The first-order chi connectivity index (χ1) is 9.91. The van der Waals surface area contributed by atoms with Crippen LogP contribution in [-0.4, -0.2) is 21.7 Å². The molecule has 110 valence electrons. The molecular formula is C16H19N3O2. The molecule has 2 aromatic heterocycles. The molecule has 5 nitrogen and oxygen atoms in total. The molecule has 0 aliphatic carbocycles. The van der Waals surface area contributed by atoms with E-state index in [9.17, 15) is 9.59 Å². The van der Waals surface area contributed by atoms with Gasteiger partial charge < -0.3 is 10.3 Å². The van der Waals surface area contributed by atoms with E-state index < -0.39 is 0 Å². The first kappa shape index (κ1) is 15.0. The summed E-state index contributed by atoms with van der Waals surface area (Å²) in [6.45, 7) is 7.39. The molecule has 0 fully saturated rings. The quantitative estimate of drug-likeness (QED) is 0.847. The van der Waals surface area contributed by atoms with Crippen LogP contribution in [-0.2, 0) is 6.54 Å². The Bertz CT molecular complexity index is 702. The Hall–Kier alpha value is -2.43. The number of amides is 1. The normalized spacial score (nSPS) is 10.5. The van der Waals surface area contributed by atoms with E-state index in [0.29, 0.717) is 23.4 Å². The van der Waals surface area contributed by atoms with E-state index in [0.717, 1.165) is 17.0 Å². The van der Waals surface area contributed by atoms with Gasteiger partial charge in [0, 0.05) is 17.5 Å². The summed E-state index contributed by atoms with van der Waals surface area (Å²) in [6.07, 6.45) is 1.70. The number of aromatic nitrogens is 2. The van der Waals surface area contributed by atoms with Crippen LogP contribution in [0.3, 0.4) is 0 Å². The highest BCUT2D eigenvalue weighted by molar-refractivity contribution is 6.02. The van der Waals surface area contributed by atoms with Crippen LogP contribution in [0.5, 0.6) is 0 Å². The Morgan fingerprint density at radius 2 is 2.00 bits per heavy atom. The van der Waals surface area contributed by atoms with Crippen molar-refractivity contribution in [3.8, 4) is 0 Å². The summed E-state index contributed by atoms with van der Waals surface area (Å²) < 4.78 is 0. The van der Waals surface area contributed by atoms with E-state index in [4.69, 9.17) is 0 Å². The smallest absolute Gasteiger partial charge is 0.268 e. The highest BCUT2D eigenvalue weighted by atomic mass is 16.2. The van der Waals surface area contributed by atoms with Crippen LogP contribution in [0.2, 0.25) is 0 Å². The van der Waals surface area contributed by atoms with E-state index in [1.54, 1.807) is 20.0 Å². The highest BCUT2D eigenvalue weighted by Gasteiger charge is 2.19.